The SMILES string of the molecule is C=CC(=O)Oc1ccc(N(c2ccccc2)C2C=Cc3ccc4cccc5c4c3C2=CC5)cc1. The minimum absolute atomic E-state index is 0.0374. The largest absolute Gasteiger partial charge is 0.423 e. The van der Waals surface area contributed by atoms with Crippen LogP contribution in [0.1, 0.15) is 16.7 Å². The standard InChI is InChI=1S/C31H23NO2/c1-2-29(33)34-26-17-15-25(16-18-26)32(24-9-4-3-5-10-24)28-20-14-23-12-11-21-7-6-8-22-13-19-27(28)31(23)30(21)22/h2-12,14-20,28H,1,13H2. The first-order valence-corrected chi connectivity index (χ1v) is 11.4. The zero-order chi connectivity index (χ0) is 23.1. The quantitative estimate of drug-likeness (QED) is 0.188. The lowest BCUT2D eigenvalue weighted by molar-refractivity contribution is -0.128. The van der Waals surface area contributed by atoms with Gasteiger partial charge in [0.15, 0.2) is 0 Å². The maximum atomic E-state index is 11.6. The second-order valence-corrected chi connectivity index (χ2v) is 8.54. The smallest absolute Gasteiger partial charge is 0.335 e. The van der Waals surface area contributed by atoms with Gasteiger partial charge in [-0.05, 0) is 75.9 Å². The number of carbonyl (C=O) groups excluding carboxylic acids is 1. The first-order valence-electron chi connectivity index (χ1n) is 11.4. The molecule has 0 N–H and O–H groups in total. The molecule has 1 unspecified atom stereocenters. The molecule has 164 valence electrons. The Hall–Kier alpha value is -4.37. The van der Waals surface area contributed by atoms with Crippen molar-refractivity contribution >= 4 is 39.8 Å². The molecule has 0 radical (unpaired) electrons. The number of esters is 1. The van der Waals surface area contributed by atoms with Crippen LogP contribution in [0.5, 0.6) is 5.75 Å². The molecule has 4 aromatic rings. The van der Waals surface area contributed by atoms with Crippen molar-refractivity contribution in [3.63, 3.8) is 0 Å². The molecular formula is C31H23NO2. The summed E-state index contributed by atoms with van der Waals surface area (Å²) in [6.45, 7) is 3.47. The van der Waals surface area contributed by atoms with E-state index in [0.717, 1.165) is 17.8 Å². The predicted octanol–water partition coefficient (Wildman–Crippen LogP) is 7.10. The Morgan fingerprint density at radius 2 is 1.71 bits per heavy atom. The average molecular weight is 442 g/mol. The van der Waals surface area contributed by atoms with Gasteiger partial charge in [0.1, 0.15) is 5.75 Å². The highest BCUT2D eigenvalue weighted by atomic mass is 16.5. The number of hydrogen-bond acceptors (Lipinski definition) is 3. The lowest BCUT2D eigenvalue weighted by Gasteiger charge is -2.38. The van der Waals surface area contributed by atoms with E-state index in [4.69, 9.17) is 4.74 Å². The third-order valence-corrected chi connectivity index (χ3v) is 6.58. The Labute approximate surface area is 198 Å². The number of ether oxygens (including phenoxy) is 1. The second-order valence-electron chi connectivity index (χ2n) is 8.54. The first-order chi connectivity index (χ1) is 16.7. The molecule has 0 bridgehead atoms. The van der Waals surface area contributed by atoms with Crippen molar-refractivity contribution in [1.29, 1.82) is 0 Å². The molecule has 3 nitrogen and oxygen atoms in total. The third kappa shape index (κ3) is 3.34. The zero-order valence-electron chi connectivity index (χ0n) is 18.6. The first kappa shape index (κ1) is 20.3. The molecule has 0 saturated heterocycles. The molecule has 0 amide bonds. The number of carbonyl (C=O) groups is 1. The summed E-state index contributed by atoms with van der Waals surface area (Å²) in [5.74, 6) is 0.0354. The van der Waals surface area contributed by atoms with E-state index in [0.29, 0.717) is 5.75 Å². The van der Waals surface area contributed by atoms with Gasteiger partial charge in [0.05, 0.1) is 6.04 Å². The maximum Gasteiger partial charge on any atom is 0.335 e. The van der Waals surface area contributed by atoms with Crippen LogP contribution in [0.15, 0.2) is 110 Å². The van der Waals surface area contributed by atoms with Crippen molar-refractivity contribution < 1.29 is 9.53 Å². The topological polar surface area (TPSA) is 29.5 Å². The molecular weight excluding hydrogens is 418 g/mol. The van der Waals surface area contributed by atoms with E-state index in [2.05, 4.69) is 84.3 Å². The Balaban J connectivity index is 1.47. The summed E-state index contributed by atoms with van der Waals surface area (Å²) in [7, 11) is 0. The van der Waals surface area contributed by atoms with E-state index >= 15 is 0 Å². The van der Waals surface area contributed by atoms with Gasteiger partial charge >= 0.3 is 5.97 Å². The van der Waals surface area contributed by atoms with Crippen molar-refractivity contribution in [2.45, 2.75) is 12.5 Å². The Morgan fingerprint density at radius 3 is 2.50 bits per heavy atom. The van der Waals surface area contributed by atoms with Crippen molar-refractivity contribution in [2.75, 3.05) is 4.90 Å². The van der Waals surface area contributed by atoms with Crippen molar-refractivity contribution in [3.8, 4) is 5.75 Å². The second kappa shape index (κ2) is 8.20. The van der Waals surface area contributed by atoms with Crippen LogP contribution in [0.25, 0.3) is 22.4 Å². The number of rotatable bonds is 5. The van der Waals surface area contributed by atoms with Gasteiger partial charge in [0.25, 0.3) is 0 Å². The van der Waals surface area contributed by atoms with Gasteiger partial charge < -0.3 is 9.64 Å². The van der Waals surface area contributed by atoms with E-state index < -0.39 is 5.97 Å². The zero-order valence-corrected chi connectivity index (χ0v) is 18.6. The van der Waals surface area contributed by atoms with Crippen LogP contribution < -0.4 is 9.64 Å². The lowest BCUT2D eigenvalue weighted by atomic mass is 9.79. The van der Waals surface area contributed by atoms with Gasteiger partial charge in [-0.15, -0.1) is 0 Å². The summed E-state index contributed by atoms with van der Waals surface area (Å²) >= 11 is 0. The normalized spacial score (nSPS) is 15.5. The maximum absolute atomic E-state index is 11.6. The fraction of sp³-hybridized carbons (Fsp3) is 0.0645. The molecule has 0 saturated carbocycles. The Morgan fingerprint density at radius 1 is 0.912 bits per heavy atom. The molecule has 0 aliphatic heterocycles. The van der Waals surface area contributed by atoms with E-state index in [1.165, 1.54) is 39.1 Å². The van der Waals surface area contributed by atoms with Gasteiger partial charge in [0.2, 0.25) is 0 Å². The minimum Gasteiger partial charge on any atom is -0.423 e. The number of para-hydroxylation sites is 1. The van der Waals surface area contributed by atoms with Crippen molar-refractivity contribution in [1.82, 2.24) is 0 Å². The summed E-state index contributed by atoms with van der Waals surface area (Å²) in [6.07, 6.45) is 9.00. The molecule has 34 heavy (non-hydrogen) atoms. The molecule has 2 aliphatic carbocycles. The van der Waals surface area contributed by atoms with E-state index in [1.54, 1.807) is 0 Å². The molecule has 0 heterocycles. The molecule has 4 aromatic carbocycles. The third-order valence-electron chi connectivity index (χ3n) is 6.58. The number of benzene rings is 4. The summed E-state index contributed by atoms with van der Waals surface area (Å²) in [5, 5.41) is 2.65. The summed E-state index contributed by atoms with van der Waals surface area (Å²) in [6, 6.07) is 29.2. The lowest BCUT2D eigenvalue weighted by Crippen LogP contribution is -2.33. The highest BCUT2D eigenvalue weighted by molar-refractivity contribution is 6.05. The molecule has 0 spiro atoms. The van der Waals surface area contributed by atoms with Gasteiger partial charge in [-0.1, -0.05) is 73.3 Å². The summed E-state index contributed by atoms with van der Waals surface area (Å²) in [5.41, 5.74) is 7.43. The summed E-state index contributed by atoms with van der Waals surface area (Å²) < 4.78 is 5.29. The fourth-order valence-corrected chi connectivity index (χ4v) is 5.10. The van der Waals surface area contributed by atoms with E-state index in [-0.39, 0.29) is 6.04 Å². The van der Waals surface area contributed by atoms with E-state index in [1.807, 2.05) is 30.3 Å². The molecule has 1 atom stereocenters. The van der Waals surface area contributed by atoms with Crippen LogP contribution in [-0.4, -0.2) is 12.0 Å². The monoisotopic (exact) mass is 441 g/mol. The van der Waals surface area contributed by atoms with Crippen molar-refractivity contribution in [3.05, 3.63) is 126 Å². The molecule has 2 aliphatic rings. The van der Waals surface area contributed by atoms with Crippen LogP contribution in [0.4, 0.5) is 11.4 Å². The van der Waals surface area contributed by atoms with Crippen LogP contribution in [0.2, 0.25) is 0 Å². The molecule has 0 aromatic heterocycles. The highest BCUT2D eigenvalue weighted by Gasteiger charge is 2.30. The Bertz CT molecular complexity index is 1480. The molecule has 0 fully saturated rings. The predicted molar refractivity (Wildman–Crippen MR) is 139 cm³/mol. The van der Waals surface area contributed by atoms with E-state index in [9.17, 15) is 4.79 Å². The number of nitrogens with zero attached hydrogens (tertiary/aromatic N) is 1. The van der Waals surface area contributed by atoms with Gasteiger partial charge in [-0.3, -0.25) is 0 Å². The Kier molecular flexibility index (Phi) is 4.88. The van der Waals surface area contributed by atoms with Crippen LogP contribution >= 0.6 is 0 Å². The average Bonchev–Trinajstić information content (AvgIpc) is 2.89. The number of allylic oxidation sites excluding steroid dienone is 1. The highest BCUT2D eigenvalue weighted by Crippen LogP contribution is 2.44. The van der Waals surface area contributed by atoms with Gasteiger partial charge in [-0.2, -0.15) is 0 Å². The van der Waals surface area contributed by atoms with Crippen LogP contribution in [0, 0.1) is 0 Å². The van der Waals surface area contributed by atoms with Crippen molar-refractivity contribution in [2.24, 2.45) is 0 Å². The molecule has 6 rings (SSSR count). The summed E-state index contributed by atoms with van der Waals surface area (Å²) in [4.78, 5) is 14.0. The number of anilines is 2. The minimum atomic E-state index is -0.463. The fourth-order valence-electron chi connectivity index (χ4n) is 5.10. The van der Waals surface area contributed by atoms with Crippen LogP contribution in [-0.2, 0) is 11.2 Å². The molecule has 3 heteroatoms. The number of hydrogen-bond donors (Lipinski definition) is 0. The van der Waals surface area contributed by atoms with Gasteiger partial charge in [-0.25, -0.2) is 4.79 Å². The van der Waals surface area contributed by atoms with Gasteiger partial charge in [0, 0.05) is 17.5 Å². The van der Waals surface area contributed by atoms with Crippen LogP contribution in [0.3, 0.4) is 0 Å².